The van der Waals surface area contributed by atoms with E-state index in [0.29, 0.717) is 16.3 Å². The third-order valence-electron chi connectivity index (χ3n) is 4.20. The number of amides is 1. The molecular formula is C16H19FN2OS. The molecule has 1 saturated heterocycles. The zero-order chi connectivity index (χ0) is 15.0. The molecule has 3 rings (SSSR count). The summed E-state index contributed by atoms with van der Waals surface area (Å²) in [7, 11) is 4.16. The molecule has 1 amide bonds. The van der Waals surface area contributed by atoms with Gasteiger partial charge in [0.05, 0.1) is 4.88 Å². The normalized spacial score (nSPS) is 16.9. The van der Waals surface area contributed by atoms with Crippen molar-refractivity contribution < 1.29 is 9.18 Å². The molecule has 2 aromatic rings. The van der Waals surface area contributed by atoms with Crippen LogP contribution < -0.4 is 0 Å². The van der Waals surface area contributed by atoms with Gasteiger partial charge >= 0.3 is 0 Å². The van der Waals surface area contributed by atoms with E-state index in [0.717, 1.165) is 30.6 Å². The Bertz CT molecular complexity index is 659. The molecule has 0 saturated carbocycles. The highest BCUT2D eigenvalue weighted by molar-refractivity contribution is 7.20. The topological polar surface area (TPSA) is 23.6 Å². The molecule has 0 N–H and O–H groups in total. The van der Waals surface area contributed by atoms with Gasteiger partial charge in [-0.2, -0.15) is 0 Å². The van der Waals surface area contributed by atoms with Gasteiger partial charge in [-0.1, -0.05) is 6.07 Å². The van der Waals surface area contributed by atoms with Crippen LogP contribution in [0, 0.1) is 5.82 Å². The average molecular weight is 306 g/mol. The van der Waals surface area contributed by atoms with Crippen molar-refractivity contribution in [3.05, 3.63) is 35.0 Å². The second-order valence-corrected chi connectivity index (χ2v) is 6.83. The molecule has 1 aromatic carbocycles. The molecule has 3 nitrogen and oxygen atoms in total. The second kappa shape index (κ2) is 5.73. The van der Waals surface area contributed by atoms with E-state index < -0.39 is 0 Å². The first-order valence-corrected chi connectivity index (χ1v) is 8.01. The molecule has 2 heterocycles. The van der Waals surface area contributed by atoms with E-state index in [1.54, 1.807) is 12.1 Å². The predicted octanol–water partition coefficient (Wildman–Crippen LogP) is 3.21. The Balaban J connectivity index is 1.77. The summed E-state index contributed by atoms with van der Waals surface area (Å²) >= 11 is 1.38. The first-order chi connectivity index (χ1) is 10.1. The third kappa shape index (κ3) is 2.80. The quantitative estimate of drug-likeness (QED) is 0.850. The largest absolute Gasteiger partial charge is 0.338 e. The van der Waals surface area contributed by atoms with E-state index in [9.17, 15) is 9.18 Å². The maximum Gasteiger partial charge on any atom is 0.263 e. The lowest BCUT2D eigenvalue weighted by Gasteiger charge is -2.35. The summed E-state index contributed by atoms with van der Waals surface area (Å²) in [6.07, 6.45) is 2.00. The summed E-state index contributed by atoms with van der Waals surface area (Å²) in [6, 6.07) is 7.22. The molecule has 0 unspecified atom stereocenters. The minimum Gasteiger partial charge on any atom is -0.338 e. The summed E-state index contributed by atoms with van der Waals surface area (Å²) in [4.78, 5) is 17.3. The number of fused-ring (bicyclic) bond motifs is 1. The van der Waals surface area contributed by atoms with Gasteiger partial charge in [0.1, 0.15) is 5.82 Å². The number of piperidine rings is 1. The molecule has 21 heavy (non-hydrogen) atoms. The fourth-order valence-corrected chi connectivity index (χ4v) is 3.92. The summed E-state index contributed by atoms with van der Waals surface area (Å²) < 4.78 is 14.6. The maximum atomic E-state index is 13.7. The molecule has 1 fully saturated rings. The number of halogens is 1. The zero-order valence-corrected chi connectivity index (χ0v) is 13.1. The number of benzene rings is 1. The highest BCUT2D eigenvalue weighted by Gasteiger charge is 2.25. The fraction of sp³-hybridized carbons (Fsp3) is 0.438. The lowest BCUT2D eigenvalue weighted by Crippen LogP contribution is -2.44. The van der Waals surface area contributed by atoms with Crippen LogP contribution in [-0.2, 0) is 0 Å². The average Bonchev–Trinajstić information content (AvgIpc) is 2.92. The Kier molecular flexibility index (Phi) is 3.95. The third-order valence-corrected chi connectivity index (χ3v) is 5.29. The monoisotopic (exact) mass is 306 g/mol. The molecule has 1 aliphatic heterocycles. The number of carbonyl (C=O) groups excluding carboxylic acids is 1. The van der Waals surface area contributed by atoms with Crippen LogP contribution in [0.3, 0.4) is 0 Å². The lowest BCUT2D eigenvalue weighted by atomic mass is 10.0. The van der Waals surface area contributed by atoms with Gasteiger partial charge in [0, 0.05) is 29.2 Å². The summed E-state index contributed by atoms with van der Waals surface area (Å²) in [5.41, 5.74) is 0. The lowest BCUT2D eigenvalue weighted by molar-refractivity contribution is 0.0668. The van der Waals surface area contributed by atoms with Crippen molar-refractivity contribution in [1.82, 2.24) is 9.80 Å². The van der Waals surface area contributed by atoms with Crippen LogP contribution in [-0.4, -0.2) is 48.9 Å². The van der Waals surface area contributed by atoms with Gasteiger partial charge < -0.3 is 9.80 Å². The predicted molar refractivity (Wildman–Crippen MR) is 84.4 cm³/mol. The van der Waals surface area contributed by atoms with Crippen molar-refractivity contribution in [3.8, 4) is 0 Å². The number of hydrogen-bond acceptors (Lipinski definition) is 3. The van der Waals surface area contributed by atoms with Crippen LogP contribution in [0.15, 0.2) is 24.3 Å². The van der Waals surface area contributed by atoms with Crippen molar-refractivity contribution in [2.24, 2.45) is 0 Å². The Morgan fingerprint density at radius 3 is 2.67 bits per heavy atom. The maximum absolute atomic E-state index is 13.7. The number of thiophene rings is 1. The smallest absolute Gasteiger partial charge is 0.263 e. The second-order valence-electron chi connectivity index (χ2n) is 5.75. The molecule has 112 valence electrons. The van der Waals surface area contributed by atoms with Crippen LogP contribution in [0.25, 0.3) is 10.1 Å². The SMILES string of the molecule is CN(C)C1CCN(C(=O)c2cc3c(F)cccc3s2)CC1. The summed E-state index contributed by atoms with van der Waals surface area (Å²) in [5, 5.41) is 0.550. The molecule has 0 bridgehead atoms. The molecule has 5 heteroatoms. The van der Waals surface area contributed by atoms with Crippen molar-refractivity contribution in [1.29, 1.82) is 0 Å². The highest BCUT2D eigenvalue weighted by Crippen LogP contribution is 2.29. The molecule has 1 aromatic heterocycles. The first kappa shape index (κ1) is 14.5. The van der Waals surface area contributed by atoms with Crippen LogP contribution in [0.5, 0.6) is 0 Å². The molecular weight excluding hydrogens is 287 g/mol. The van der Waals surface area contributed by atoms with Crippen LogP contribution in [0.4, 0.5) is 4.39 Å². The fourth-order valence-electron chi connectivity index (χ4n) is 2.87. The summed E-state index contributed by atoms with van der Waals surface area (Å²) in [6.45, 7) is 1.55. The van der Waals surface area contributed by atoms with Crippen molar-refractivity contribution in [2.45, 2.75) is 18.9 Å². The number of rotatable bonds is 2. The van der Waals surface area contributed by atoms with Crippen molar-refractivity contribution >= 4 is 27.3 Å². The van der Waals surface area contributed by atoms with E-state index in [2.05, 4.69) is 19.0 Å². The highest BCUT2D eigenvalue weighted by atomic mass is 32.1. The Morgan fingerprint density at radius 1 is 1.33 bits per heavy atom. The van der Waals surface area contributed by atoms with Gasteiger partial charge in [-0.15, -0.1) is 11.3 Å². The Labute approximate surface area is 128 Å². The minimum atomic E-state index is -0.255. The van der Waals surface area contributed by atoms with Gasteiger partial charge in [-0.05, 0) is 45.1 Å². The van der Waals surface area contributed by atoms with Crippen molar-refractivity contribution in [3.63, 3.8) is 0 Å². The Hall–Kier alpha value is -1.46. The van der Waals surface area contributed by atoms with E-state index in [1.165, 1.54) is 17.4 Å². The van der Waals surface area contributed by atoms with E-state index in [1.807, 2.05) is 11.0 Å². The van der Waals surface area contributed by atoms with Gasteiger partial charge in [0.25, 0.3) is 5.91 Å². The number of likely N-dealkylation sites (tertiary alicyclic amines) is 1. The molecule has 0 aliphatic carbocycles. The molecule has 0 spiro atoms. The van der Waals surface area contributed by atoms with E-state index in [-0.39, 0.29) is 11.7 Å². The molecule has 0 radical (unpaired) electrons. The van der Waals surface area contributed by atoms with Crippen LogP contribution in [0.1, 0.15) is 22.5 Å². The number of nitrogens with zero attached hydrogens (tertiary/aromatic N) is 2. The number of hydrogen-bond donors (Lipinski definition) is 0. The molecule has 1 aliphatic rings. The summed E-state index contributed by atoms with van der Waals surface area (Å²) in [5.74, 6) is -0.220. The molecule has 0 atom stereocenters. The van der Waals surface area contributed by atoms with E-state index >= 15 is 0 Å². The van der Waals surface area contributed by atoms with Crippen LogP contribution in [0.2, 0.25) is 0 Å². The van der Waals surface area contributed by atoms with Gasteiger partial charge in [0.15, 0.2) is 0 Å². The zero-order valence-electron chi connectivity index (χ0n) is 12.3. The van der Waals surface area contributed by atoms with Crippen molar-refractivity contribution in [2.75, 3.05) is 27.2 Å². The Morgan fingerprint density at radius 2 is 2.05 bits per heavy atom. The van der Waals surface area contributed by atoms with E-state index in [4.69, 9.17) is 0 Å². The van der Waals surface area contributed by atoms with Gasteiger partial charge in [-0.25, -0.2) is 4.39 Å². The van der Waals surface area contributed by atoms with Crippen LogP contribution >= 0.6 is 11.3 Å². The van der Waals surface area contributed by atoms with Gasteiger partial charge in [-0.3, -0.25) is 4.79 Å². The van der Waals surface area contributed by atoms with Gasteiger partial charge in [0.2, 0.25) is 0 Å². The first-order valence-electron chi connectivity index (χ1n) is 7.20. The standard InChI is InChI=1S/C16H19FN2OS/c1-18(2)11-6-8-19(9-7-11)16(20)15-10-12-13(17)4-3-5-14(12)21-15/h3-5,10-11H,6-9H2,1-2H3. The number of carbonyl (C=O) groups is 1. The minimum absolute atomic E-state index is 0.0350.